The van der Waals surface area contributed by atoms with Crippen LogP contribution in [0.2, 0.25) is 0 Å². The highest BCUT2D eigenvalue weighted by atomic mass is 32.2. The van der Waals surface area contributed by atoms with Crippen LogP contribution in [0.15, 0.2) is 17.0 Å². The molecule has 0 heterocycles. The minimum Gasteiger partial charge on any atom is -0.481 e. The molecule has 0 aliphatic carbocycles. The average Bonchev–Trinajstić information content (AvgIpc) is 2.12. The van der Waals surface area contributed by atoms with Gasteiger partial charge in [-0.15, -0.1) is 11.8 Å². The van der Waals surface area contributed by atoms with E-state index in [1.165, 1.54) is 17.8 Å². The second-order valence-corrected chi connectivity index (χ2v) is 4.25. The van der Waals surface area contributed by atoms with Crippen LogP contribution in [0.1, 0.15) is 12.0 Å². The lowest BCUT2D eigenvalue weighted by atomic mass is 10.2. The molecule has 0 aromatic heterocycles. The first-order valence-electron chi connectivity index (χ1n) is 4.41. The first kappa shape index (κ1) is 11.8. The first-order chi connectivity index (χ1) is 7.00. The van der Waals surface area contributed by atoms with E-state index in [0.29, 0.717) is 21.9 Å². The van der Waals surface area contributed by atoms with Crippen LogP contribution in [0, 0.1) is 12.7 Å². The first-order valence-corrected chi connectivity index (χ1v) is 5.39. The summed E-state index contributed by atoms with van der Waals surface area (Å²) < 4.78 is 13.2. The maximum atomic E-state index is 13.2. The van der Waals surface area contributed by atoms with Gasteiger partial charge in [0.15, 0.2) is 0 Å². The summed E-state index contributed by atoms with van der Waals surface area (Å²) in [4.78, 5) is 11.0. The molecule has 0 aliphatic heterocycles. The van der Waals surface area contributed by atoms with Crippen molar-refractivity contribution >= 4 is 23.4 Å². The number of thioether (sulfide) groups is 1. The molecule has 0 saturated heterocycles. The predicted molar refractivity (Wildman–Crippen MR) is 58.5 cm³/mol. The van der Waals surface area contributed by atoms with Gasteiger partial charge >= 0.3 is 5.97 Å². The highest BCUT2D eigenvalue weighted by Gasteiger charge is 2.07. The molecular formula is C10H12FNO2S. The van der Waals surface area contributed by atoms with Crippen molar-refractivity contribution in [1.29, 1.82) is 0 Å². The third-order valence-electron chi connectivity index (χ3n) is 1.89. The summed E-state index contributed by atoms with van der Waals surface area (Å²) in [5.74, 6) is -0.795. The number of nitrogen functional groups attached to an aromatic ring is 1. The second kappa shape index (κ2) is 5.02. The molecule has 5 heteroatoms. The van der Waals surface area contributed by atoms with Crippen molar-refractivity contribution in [3.05, 3.63) is 23.5 Å². The molecule has 0 spiro atoms. The van der Waals surface area contributed by atoms with Gasteiger partial charge in [0.2, 0.25) is 0 Å². The summed E-state index contributed by atoms with van der Waals surface area (Å²) in [7, 11) is 0. The van der Waals surface area contributed by atoms with E-state index in [2.05, 4.69) is 0 Å². The van der Waals surface area contributed by atoms with Crippen LogP contribution in [-0.4, -0.2) is 16.8 Å². The molecule has 0 amide bonds. The Hall–Kier alpha value is -1.23. The summed E-state index contributed by atoms with van der Waals surface area (Å²) in [6, 6.07) is 2.92. The minimum absolute atomic E-state index is 0.0561. The van der Waals surface area contributed by atoms with E-state index < -0.39 is 5.97 Å². The fraction of sp³-hybridized carbons (Fsp3) is 0.300. The lowest BCUT2D eigenvalue weighted by Gasteiger charge is -2.06. The Morgan fingerprint density at radius 1 is 1.60 bits per heavy atom. The number of carbonyl (C=O) groups is 1. The zero-order valence-electron chi connectivity index (χ0n) is 8.29. The lowest BCUT2D eigenvalue weighted by Crippen LogP contribution is -1.97. The van der Waals surface area contributed by atoms with Crippen LogP contribution in [-0.2, 0) is 4.79 Å². The van der Waals surface area contributed by atoms with E-state index in [-0.39, 0.29) is 12.2 Å². The Labute approximate surface area is 91.5 Å². The summed E-state index contributed by atoms with van der Waals surface area (Å²) in [6.45, 7) is 1.65. The Morgan fingerprint density at radius 2 is 2.27 bits per heavy atom. The zero-order valence-corrected chi connectivity index (χ0v) is 9.10. The van der Waals surface area contributed by atoms with Crippen molar-refractivity contribution in [3.63, 3.8) is 0 Å². The predicted octanol–water partition coefficient (Wildman–Crippen LogP) is 2.28. The monoisotopic (exact) mass is 229 g/mol. The fourth-order valence-electron chi connectivity index (χ4n) is 1.07. The number of rotatable bonds is 4. The molecule has 0 aliphatic rings. The molecule has 3 nitrogen and oxygen atoms in total. The lowest BCUT2D eigenvalue weighted by molar-refractivity contribution is -0.136. The van der Waals surface area contributed by atoms with Crippen molar-refractivity contribution in [1.82, 2.24) is 0 Å². The van der Waals surface area contributed by atoms with E-state index in [4.69, 9.17) is 10.8 Å². The molecule has 1 aromatic carbocycles. The molecule has 0 saturated carbocycles. The maximum absolute atomic E-state index is 13.2. The largest absolute Gasteiger partial charge is 0.481 e. The van der Waals surface area contributed by atoms with Crippen LogP contribution in [0.5, 0.6) is 0 Å². The molecule has 1 aromatic rings. The molecule has 15 heavy (non-hydrogen) atoms. The summed E-state index contributed by atoms with van der Waals surface area (Å²) in [5, 5.41) is 8.46. The Kier molecular flexibility index (Phi) is 3.96. The number of nitrogens with two attached hydrogens (primary N) is 1. The number of hydrogen-bond donors (Lipinski definition) is 2. The van der Waals surface area contributed by atoms with Gasteiger partial charge in [0, 0.05) is 16.3 Å². The Morgan fingerprint density at radius 3 is 2.87 bits per heavy atom. The van der Waals surface area contributed by atoms with Gasteiger partial charge in [0.1, 0.15) is 5.82 Å². The molecule has 3 N–H and O–H groups in total. The van der Waals surface area contributed by atoms with Gasteiger partial charge in [-0.1, -0.05) is 0 Å². The van der Waals surface area contributed by atoms with E-state index >= 15 is 0 Å². The van der Waals surface area contributed by atoms with Crippen molar-refractivity contribution in [2.45, 2.75) is 18.2 Å². The van der Waals surface area contributed by atoms with Gasteiger partial charge in [0.25, 0.3) is 0 Å². The topological polar surface area (TPSA) is 63.3 Å². The normalized spacial score (nSPS) is 10.3. The van der Waals surface area contributed by atoms with Crippen LogP contribution in [0.25, 0.3) is 0 Å². The molecule has 0 fully saturated rings. The van der Waals surface area contributed by atoms with Gasteiger partial charge < -0.3 is 10.8 Å². The number of carboxylic acid groups (broad SMARTS) is 1. The standard InChI is InChI=1S/C10H12FNO2S/c1-6-8(11)4-7(12)5-9(6)15-3-2-10(13)14/h4-5H,2-3,12H2,1H3,(H,13,14). The number of hydrogen-bond acceptors (Lipinski definition) is 3. The third-order valence-corrected chi connectivity index (χ3v) is 3.04. The van der Waals surface area contributed by atoms with E-state index in [1.54, 1.807) is 13.0 Å². The van der Waals surface area contributed by atoms with Crippen molar-refractivity contribution < 1.29 is 14.3 Å². The molecule has 1 rings (SSSR count). The van der Waals surface area contributed by atoms with Crippen molar-refractivity contribution in [2.75, 3.05) is 11.5 Å². The zero-order chi connectivity index (χ0) is 11.4. The summed E-state index contributed by atoms with van der Waals surface area (Å²) in [5.41, 5.74) is 6.36. The van der Waals surface area contributed by atoms with E-state index in [9.17, 15) is 9.18 Å². The quantitative estimate of drug-likeness (QED) is 0.614. The van der Waals surface area contributed by atoms with Gasteiger partial charge in [-0.25, -0.2) is 4.39 Å². The minimum atomic E-state index is -0.857. The smallest absolute Gasteiger partial charge is 0.304 e. The van der Waals surface area contributed by atoms with Crippen LogP contribution in [0.4, 0.5) is 10.1 Å². The molecule has 0 atom stereocenters. The number of carboxylic acids is 1. The average molecular weight is 229 g/mol. The van der Waals surface area contributed by atoms with Gasteiger partial charge in [-0.3, -0.25) is 4.79 Å². The van der Waals surface area contributed by atoms with Crippen molar-refractivity contribution in [3.8, 4) is 0 Å². The molecule has 0 unspecified atom stereocenters. The van der Waals surface area contributed by atoms with Gasteiger partial charge in [-0.05, 0) is 24.6 Å². The van der Waals surface area contributed by atoms with Crippen LogP contribution < -0.4 is 5.73 Å². The second-order valence-electron chi connectivity index (χ2n) is 3.12. The molecule has 82 valence electrons. The van der Waals surface area contributed by atoms with Crippen LogP contribution >= 0.6 is 11.8 Å². The number of halogens is 1. The number of benzene rings is 1. The van der Waals surface area contributed by atoms with Gasteiger partial charge in [0.05, 0.1) is 6.42 Å². The maximum Gasteiger partial charge on any atom is 0.304 e. The summed E-state index contributed by atoms with van der Waals surface area (Å²) >= 11 is 1.30. The third kappa shape index (κ3) is 3.43. The van der Waals surface area contributed by atoms with E-state index in [1.807, 2.05) is 0 Å². The molecular weight excluding hydrogens is 217 g/mol. The summed E-state index contributed by atoms with van der Waals surface area (Å²) in [6.07, 6.45) is 0.0561. The Balaban J connectivity index is 2.72. The number of anilines is 1. The van der Waals surface area contributed by atoms with Crippen molar-refractivity contribution in [2.24, 2.45) is 0 Å². The molecule has 0 bridgehead atoms. The number of aliphatic carboxylic acids is 1. The SMILES string of the molecule is Cc1c(F)cc(N)cc1SCCC(=O)O. The molecule has 0 radical (unpaired) electrons. The Bertz CT molecular complexity index is 382. The van der Waals surface area contributed by atoms with Crippen LogP contribution in [0.3, 0.4) is 0 Å². The highest BCUT2D eigenvalue weighted by molar-refractivity contribution is 7.99. The highest BCUT2D eigenvalue weighted by Crippen LogP contribution is 2.27. The van der Waals surface area contributed by atoms with Gasteiger partial charge in [-0.2, -0.15) is 0 Å². The van der Waals surface area contributed by atoms with E-state index in [0.717, 1.165) is 0 Å². The fourth-order valence-corrected chi connectivity index (χ4v) is 2.10.